The lowest BCUT2D eigenvalue weighted by atomic mass is 9.71. The highest BCUT2D eigenvalue weighted by molar-refractivity contribution is 6.32. The Hall–Kier alpha value is -3.25. The minimum Gasteiger partial charge on any atom is -0.503 e. The molecule has 2 unspecified atom stereocenters. The third kappa shape index (κ3) is 4.99. The fourth-order valence-corrected chi connectivity index (χ4v) is 6.14. The first-order valence-corrected chi connectivity index (χ1v) is 13.3. The Bertz CT molecular complexity index is 1280. The summed E-state index contributed by atoms with van der Waals surface area (Å²) in [6.07, 6.45) is 5.79. The Morgan fingerprint density at radius 3 is 2.49 bits per heavy atom. The van der Waals surface area contributed by atoms with Crippen LogP contribution in [0.5, 0.6) is 11.5 Å². The first kappa shape index (κ1) is 25.4. The molecule has 0 amide bonds. The quantitative estimate of drug-likeness (QED) is 0.450. The Labute approximate surface area is 222 Å². The number of Topliss-reactive ketones (excluding diaryl/α,β-unsaturated/α-hetero) is 1. The van der Waals surface area contributed by atoms with E-state index in [1.807, 2.05) is 37.3 Å². The van der Waals surface area contributed by atoms with Crippen LogP contribution in [0.25, 0.3) is 0 Å². The van der Waals surface area contributed by atoms with Crippen LogP contribution in [-0.4, -0.2) is 30.1 Å². The maximum atomic E-state index is 13.8. The summed E-state index contributed by atoms with van der Waals surface area (Å²) in [7, 11) is 1.44. The predicted octanol–water partition coefficient (Wildman–Crippen LogP) is 6.29. The van der Waals surface area contributed by atoms with Crippen LogP contribution in [-0.2, 0) is 14.3 Å². The average Bonchev–Trinajstić information content (AvgIpc) is 2.90. The number of halogens is 1. The van der Waals surface area contributed by atoms with E-state index in [4.69, 9.17) is 21.1 Å². The number of benzene rings is 2. The Morgan fingerprint density at radius 1 is 1.05 bits per heavy atom. The van der Waals surface area contributed by atoms with Crippen LogP contribution in [0, 0.1) is 0 Å². The van der Waals surface area contributed by atoms with Gasteiger partial charge in [-0.3, -0.25) is 4.79 Å². The molecule has 0 bridgehead atoms. The minimum absolute atomic E-state index is 0.0220. The molecule has 194 valence electrons. The van der Waals surface area contributed by atoms with Gasteiger partial charge in [-0.25, -0.2) is 4.79 Å². The predicted molar refractivity (Wildman–Crippen MR) is 142 cm³/mol. The SMILES string of the molecule is COc1cc(C2C(C(=O)OC3CCCCC3)=C(C)NC3=C2C(=O)CC(c2ccccc2)C3)cc(Cl)c1O. The van der Waals surface area contributed by atoms with Gasteiger partial charge in [0.2, 0.25) is 0 Å². The molecule has 3 aliphatic rings. The number of ketones is 1. The highest BCUT2D eigenvalue weighted by Gasteiger charge is 2.42. The van der Waals surface area contributed by atoms with Crippen molar-refractivity contribution >= 4 is 23.4 Å². The second kappa shape index (κ2) is 10.6. The number of carbonyl (C=O) groups is 2. The van der Waals surface area contributed by atoms with Crippen molar-refractivity contribution in [2.75, 3.05) is 7.11 Å². The number of dihydropyridines is 1. The van der Waals surface area contributed by atoms with Crippen molar-refractivity contribution in [3.8, 4) is 11.5 Å². The van der Waals surface area contributed by atoms with Gasteiger partial charge in [0.15, 0.2) is 17.3 Å². The van der Waals surface area contributed by atoms with Crippen molar-refractivity contribution < 1.29 is 24.2 Å². The Kier molecular flexibility index (Phi) is 7.29. The molecular formula is C30H32ClNO5. The van der Waals surface area contributed by atoms with E-state index in [0.29, 0.717) is 35.2 Å². The van der Waals surface area contributed by atoms with Crippen LogP contribution in [0.3, 0.4) is 0 Å². The maximum Gasteiger partial charge on any atom is 0.337 e. The number of ether oxygens (including phenoxy) is 2. The number of rotatable bonds is 5. The lowest BCUT2D eigenvalue weighted by Gasteiger charge is -2.37. The van der Waals surface area contributed by atoms with Gasteiger partial charge in [0.05, 0.1) is 17.7 Å². The number of allylic oxidation sites excluding steroid dienone is 3. The molecule has 2 aliphatic carbocycles. The van der Waals surface area contributed by atoms with Crippen molar-refractivity contribution in [3.05, 3.63) is 81.2 Å². The molecule has 2 aromatic carbocycles. The van der Waals surface area contributed by atoms with Crippen LogP contribution in [0.2, 0.25) is 5.02 Å². The summed E-state index contributed by atoms with van der Waals surface area (Å²) in [6.45, 7) is 1.85. The molecule has 2 aromatic rings. The number of aromatic hydroxyl groups is 1. The second-order valence-corrected chi connectivity index (χ2v) is 10.6. The number of hydrogen-bond donors (Lipinski definition) is 2. The third-order valence-corrected chi connectivity index (χ3v) is 8.04. The molecule has 2 atom stereocenters. The molecule has 5 rings (SSSR count). The third-order valence-electron chi connectivity index (χ3n) is 7.75. The van der Waals surface area contributed by atoms with E-state index >= 15 is 0 Å². The summed E-state index contributed by atoms with van der Waals surface area (Å²) in [5.41, 5.74) is 4.14. The maximum absolute atomic E-state index is 13.8. The van der Waals surface area contributed by atoms with Gasteiger partial charge in [0, 0.05) is 29.3 Å². The van der Waals surface area contributed by atoms with E-state index in [0.717, 1.165) is 43.4 Å². The van der Waals surface area contributed by atoms with Gasteiger partial charge < -0.3 is 19.9 Å². The van der Waals surface area contributed by atoms with E-state index in [-0.39, 0.29) is 34.3 Å². The van der Waals surface area contributed by atoms with Crippen molar-refractivity contribution in [3.63, 3.8) is 0 Å². The Balaban J connectivity index is 1.58. The molecule has 37 heavy (non-hydrogen) atoms. The number of hydrogen-bond acceptors (Lipinski definition) is 6. The van der Waals surface area contributed by atoms with Crippen LogP contribution < -0.4 is 10.1 Å². The number of methoxy groups -OCH3 is 1. The van der Waals surface area contributed by atoms with Gasteiger partial charge >= 0.3 is 5.97 Å². The number of phenols is 1. The van der Waals surface area contributed by atoms with Crippen LogP contribution >= 0.6 is 11.6 Å². The lowest BCUT2D eigenvalue weighted by molar-refractivity contribution is -0.146. The monoisotopic (exact) mass is 521 g/mol. The lowest BCUT2D eigenvalue weighted by Crippen LogP contribution is -2.37. The Morgan fingerprint density at radius 2 is 1.78 bits per heavy atom. The summed E-state index contributed by atoms with van der Waals surface area (Å²) in [6, 6.07) is 13.3. The van der Waals surface area contributed by atoms with Crippen LogP contribution in [0.1, 0.15) is 74.8 Å². The number of esters is 1. The standard InChI is InChI=1S/C30H32ClNO5/c1-17-26(30(35)37-21-11-7-4-8-12-21)27(20-13-22(31)29(34)25(16-20)36-2)28-23(32-17)14-19(15-24(28)33)18-9-5-3-6-10-18/h3,5-6,9-10,13,16,19,21,27,32,34H,4,7-8,11-12,14-15H2,1-2H3. The molecule has 0 radical (unpaired) electrons. The van der Waals surface area contributed by atoms with E-state index in [9.17, 15) is 14.7 Å². The number of nitrogens with one attached hydrogen (secondary N) is 1. The van der Waals surface area contributed by atoms with Gasteiger partial charge in [-0.05, 0) is 68.2 Å². The van der Waals surface area contributed by atoms with Gasteiger partial charge in [0.25, 0.3) is 0 Å². The summed E-state index contributed by atoms with van der Waals surface area (Å²) in [5.74, 6) is -1.07. The topological polar surface area (TPSA) is 84.9 Å². The molecule has 1 fully saturated rings. The largest absolute Gasteiger partial charge is 0.503 e. The molecule has 0 aromatic heterocycles. The molecule has 1 heterocycles. The van der Waals surface area contributed by atoms with Crippen LogP contribution in [0.4, 0.5) is 0 Å². The van der Waals surface area contributed by atoms with Gasteiger partial charge in [-0.1, -0.05) is 48.4 Å². The van der Waals surface area contributed by atoms with E-state index in [1.165, 1.54) is 7.11 Å². The molecule has 7 heteroatoms. The summed E-state index contributed by atoms with van der Waals surface area (Å²) in [4.78, 5) is 27.4. The first-order chi connectivity index (χ1) is 17.9. The number of phenolic OH excluding ortho intramolecular Hbond substituents is 1. The van der Waals surface area contributed by atoms with Crippen molar-refractivity contribution in [1.82, 2.24) is 5.32 Å². The zero-order valence-electron chi connectivity index (χ0n) is 21.2. The van der Waals surface area contributed by atoms with E-state index in [2.05, 4.69) is 5.32 Å². The molecule has 2 N–H and O–H groups in total. The zero-order valence-corrected chi connectivity index (χ0v) is 21.9. The molecule has 1 aliphatic heterocycles. The van der Waals surface area contributed by atoms with Crippen molar-refractivity contribution in [2.24, 2.45) is 0 Å². The van der Waals surface area contributed by atoms with Crippen molar-refractivity contribution in [2.45, 2.75) is 69.8 Å². The van der Waals surface area contributed by atoms with E-state index in [1.54, 1.807) is 12.1 Å². The fourth-order valence-electron chi connectivity index (χ4n) is 5.92. The molecular weight excluding hydrogens is 490 g/mol. The molecule has 1 saturated carbocycles. The smallest absolute Gasteiger partial charge is 0.337 e. The summed E-state index contributed by atoms with van der Waals surface area (Å²) in [5, 5.41) is 13.8. The van der Waals surface area contributed by atoms with Gasteiger partial charge in [0.1, 0.15) is 6.10 Å². The van der Waals surface area contributed by atoms with Crippen LogP contribution in [0.15, 0.2) is 65.0 Å². The molecule has 0 saturated heterocycles. The summed E-state index contributed by atoms with van der Waals surface area (Å²) < 4.78 is 11.3. The summed E-state index contributed by atoms with van der Waals surface area (Å²) >= 11 is 6.37. The highest BCUT2D eigenvalue weighted by Crippen LogP contribution is 2.48. The van der Waals surface area contributed by atoms with Gasteiger partial charge in [-0.15, -0.1) is 0 Å². The second-order valence-electron chi connectivity index (χ2n) is 10.1. The van der Waals surface area contributed by atoms with Crippen molar-refractivity contribution in [1.29, 1.82) is 0 Å². The molecule has 0 spiro atoms. The molecule has 6 nitrogen and oxygen atoms in total. The highest BCUT2D eigenvalue weighted by atomic mass is 35.5. The minimum atomic E-state index is -0.677. The van der Waals surface area contributed by atoms with Gasteiger partial charge in [-0.2, -0.15) is 0 Å². The fraction of sp³-hybridized carbons (Fsp3) is 0.400. The number of carbonyl (C=O) groups excluding carboxylic acids is 2. The normalized spacial score (nSPS) is 22.4. The average molecular weight is 522 g/mol. The first-order valence-electron chi connectivity index (χ1n) is 12.9. The van der Waals surface area contributed by atoms with E-state index < -0.39 is 11.9 Å². The zero-order chi connectivity index (χ0) is 26.1.